The lowest BCUT2D eigenvalue weighted by Crippen LogP contribution is -2.55. The van der Waals surface area contributed by atoms with Crippen LogP contribution < -0.4 is 16.4 Å². The minimum Gasteiger partial charge on any atom is -0.401 e. The largest absolute Gasteiger partial charge is 0.422 e. The van der Waals surface area contributed by atoms with Gasteiger partial charge in [0.05, 0.1) is 12.0 Å². The first kappa shape index (κ1) is 19.2. The zero-order valence-corrected chi connectivity index (χ0v) is 14.4. The van der Waals surface area contributed by atoms with Gasteiger partial charge in [0.15, 0.2) is 5.60 Å². The quantitative estimate of drug-likeness (QED) is 0.704. The Hall–Kier alpha value is -2.62. The highest BCUT2D eigenvalue weighted by atomic mass is 19.4. The van der Waals surface area contributed by atoms with Crippen LogP contribution in [0.25, 0.3) is 0 Å². The van der Waals surface area contributed by atoms with Crippen molar-refractivity contribution in [2.45, 2.75) is 31.0 Å². The van der Waals surface area contributed by atoms with Crippen molar-refractivity contribution in [3.63, 3.8) is 0 Å². The summed E-state index contributed by atoms with van der Waals surface area (Å²) in [6.45, 7) is 1.08. The molecule has 3 heterocycles. The molecule has 1 aromatic heterocycles. The molecule has 0 aliphatic carbocycles. The number of hydrogen-bond donors (Lipinski definition) is 3. The Morgan fingerprint density at radius 1 is 1.30 bits per heavy atom. The molecule has 1 amide bonds. The van der Waals surface area contributed by atoms with Crippen LogP contribution in [0.3, 0.4) is 0 Å². The second-order valence-corrected chi connectivity index (χ2v) is 6.71. The van der Waals surface area contributed by atoms with Gasteiger partial charge in [-0.1, -0.05) is 6.07 Å². The number of rotatable bonds is 2. The van der Waals surface area contributed by atoms with Gasteiger partial charge in [-0.25, -0.2) is 4.98 Å². The molecule has 5 N–H and O–H groups in total. The standard InChI is InChI=1S/C17H20F3N5O2/c18-17(19,20)16(27)9-12(26)24-15(22)13(16)14(21)10-4-7-25(8-5-10)11-3-1-2-6-23-11/h1-3,6,10,27H,4-5,7-9,21H2,(H2,22,24,26). The molecule has 1 fully saturated rings. The van der Waals surface area contributed by atoms with E-state index in [0.717, 1.165) is 5.82 Å². The summed E-state index contributed by atoms with van der Waals surface area (Å²) in [5.41, 5.74) is 7.34. The number of amides is 1. The number of nitrogens with two attached hydrogens (primary N) is 2. The first-order valence-electron chi connectivity index (χ1n) is 8.46. The molecule has 0 radical (unpaired) electrons. The van der Waals surface area contributed by atoms with Crippen LogP contribution in [0.1, 0.15) is 19.3 Å². The van der Waals surface area contributed by atoms with Gasteiger partial charge in [0.1, 0.15) is 11.7 Å². The number of aliphatic hydroxyl groups is 1. The van der Waals surface area contributed by atoms with Gasteiger partial charge in [-0.05, 0) is 25.0 Å². The number of aliphatic imine (C=N–C) groups is 1. The van der Waals surface area contributed by atoms with E-state index >= 15 is 0 Å². The van der Waals surface area contributed by atoms with Gasteiger partial charge >= 0.3 is 6.18 Å². The van der Waals surface area contributed by atoms with Gasteiger partial charge in [-0.3, -0.25) is 4.79 Å². The molecule has 1 atom stereocenters. The molecule has 10 heteroatoms. The number of hydrogen-bond acceptors (Lipinski definition) is 6. The van der Waals surface area contributed by atoms with Crippen LogP contribution >= 0.6 is 0 Å². The third kappa shape index (κ3) is 3.48. The lowest BCUT2D eigenvalue weighted by molar-refractivity contribution is -0.244. The number of alkyl halides is 3. The number of halogens is 3. The Kier molecular flexibility index (Phi) is 4.85. The molecule has 2 aliphatic heterocycles. The molecule has 3 rings (SSSR count). The van der Waals surface area contributed by atoms with Crippen LogP contribution in [0, 0.1) is 5.92 Å². The number of aromatic nitrogens is 1. The van der Waals surface area contributed by atoms with Gasteiger partial charge in [-0.15, -0.1) is 0 Å². The average Bonchev–Trinajstić information content (AvgIpc) is 2.61. The van der Waals surface area contributed by atoms with Gasteiger partial charge < -0.3 is 21.5 Å². The first-order chi connectivity index (χ1) is 12.6. The number of pyridine rings is 1. The predicted octanol–water partition coefficient (Wildman–Crippen LogP) is 1.09. The fraction of sp³-hybridized carbons (Fsp3) is 0.471. The van der Waals surface area contributed by atoms with E-state index in [1.807, 2.05) is 17.0 Å². The van der Waals surface area contributed by atoms with E-state index in [-0.39, 0.29) is 5.70 Å². The highest BCUT2D eigenvalue weighted by molar-refractivity contribution is 6.09. The van der Waals surface area contributed by atoms with Gasteiger partial charge in [0, 0.05) is 30.9 Å². The van der Waals surface area contributed by atoms with Gasteiger partial charge in [0.25, 0.3) is 5.91 Å². The Labute approximate surface area is 153 Å². The van der Waals surface area contributed by atoms with Crippen LogP contribution in [0.5, 0.6) is 0 Å². The molecular weight excluding hydrogens is 363 g/mol. The lowest BCUT2D eigenvalue weighted by Gasteiger charge is -2.38. The van der Waals surface area contributed by atoms with E-state index < -0.39 is 41.4 Å². The summed E-state index contributed by atoms with van der Waals surface area (Å²) in [4.78, 5) is 21.1. The molecule has 27 heavy (non-hydrogen) atoms. The molecule has 1 unspecified atom stereocenters. The monoisotopic (exact) mass is 383 g/mol. The third-order valence-electron chi connectivity index (χ3n) is 4.99. The number of nitrogens with zero attached hydrogens (tertiary/aromatic N) is 3. The van der Waals surface area contributed by atoms with Crippen molar-refractivity contribution in [3.8, 4) is 0 Å². The number of amidine groups is 1. The fourth-order valence-electron chi connectivity index (χ4n) is 3.54. The first-order valence-corrected chi connectivity index (χ1v) is 8.46. The number of allylic oxidation sites excluding steroid dienone is 1. The molecule has 0 bridgehead atoms. The maximum absolute atomic E-state index is 13.5. The Morgan fingerprint density at radius 2 is 1.96 bits per heavy atom. The Bertz CT molecular complexity index is 786. The summed E-state index contributed by atoms with van der Waals surface area (Å²) in [6.07, 6.45) is -3.74. The SMILES string of the molecule is NC1=NC(=O)CC(O)(C(F)(F)F)C1=C(N)C1CCN(c2ccccn2)CC1. The highest BCUT2D eigenvalue weighted by Crippen LogP contribution is 2.43. The van der Waals surface area contributed by atoms with Gasteiger partial charge in [0.2, 0.25) is 0 Å². The Balaban J connectivity index is 1.88. The summed E-state index contributed by atoms with van der Waals surface area (Å²) in [5, 5.41) is 10.3. The Morgan fingerprint density at radius 3 is 2.52 bits per heavy atom. The molecule has 2 aliphatic rings. The van der Waals surface area contributed by atoms with Crippen LogP contribution in [0.2, 0.25) is 0 Å². The number of piperidine rings is 1. The van der Waals surface area contributed by atoms with Gasteiger partial charge in [-0.2, -0.15) is 18.2 Å². The summed E-state index contributed by atoms with van der Waals surface area (Å²) in [7, 11) is 0. The topological polar surface area (TPSA) is 118 Å². The van der Waals surface area contributed by atoms with Crippen molar-refractivity contribution in [2.75, 3.05) is 18.0 Å². The summed E-state index contributed by atoms with van der Waals surface area (Å²) >= 11 is 0. The predicted molar refractivity (Wildman–Crippen MR) is 92.6 cm³/mol. The van der Waals surface area contributed by atoms with Crippen LogP contribution in [-0.4, -0.2) is 46.7 Å². The van der Waals surface area contributed by atoms with E-state index in [1.54, 1.807) is 12.3 Å². The third-order valence-corrected chi connectivity index (χ3v) is 4.99. The van der Waals surface area contributed by atoms with Crippen LogP contribution in [0.15, 0.2) is 40.7 Å². The molecule has 0 spiro atoms. The summed E-state index contributed by atoms with van der Waals surface area (Å²) < 4.78 is 40.5. The van der Waals surface area contributed by atoms with E-state index in [1.165, 1.54) is 0 Å². The van der Waals surface area contributed by atoms with Crippen LogP contribution in [0.4, 0.5) is 19.0 Å². The average molecular weight is 383 g/mol. The van der Waals surface area contributed by atoms with Crippen molar-refractivity contribution >= 4 is 17.6 Å². The second-order valence-electron chi connectivity index (χ2n) is 6.71. The van der Waals surface area contributed by atoms with E-state index in [0.29, 0.717) is 25.9 Å². The molecule has 146 valence electrons. The fourth-order valence-corrected chi connectivity index (χ4v) is 3.54. The molecule has 1 aromatic rings. The molecule has 7 nitrogen and oxygen atoms in total. The maximum atomic E-state index is 13.5. The number of anilines is 1. The van der Waals surface area contributed by atoms with Crippen molar-refractivity contribution in [2.24, 2.45) is 22.4 Å². The number of carbonyl (C=O) groups is 1. The minimum atomic E-state index is -5.10. The van der Waals surface area contributed by atoms with E-state index in [2.05, 4.69) is 9.98 Å². The smallest absolute Gasteiger partial charge is 0.401 e. The molecule has 1 saturated heterocycles. The minimum absolute atomic E-state index is 0.163. The zero-order valence-electron chi connectivity index (χ0n) is 14.4. The second kappa shape index (κ2) is 6.84. The van der Waals surface area contributed by atoms with Crippen molar-refractivity contribution in [1.82, 2.24) is 4.98 Å². The van der Waals surface area contributed by atoms with E-state index in [4.69, 9.17) is 11.5 Å². The summed E-state index contributed by atoms with van der Waals surface area (Å²) in [6, 6.07) is 5.50. The van der Waals surface area contributed by atoms with Crippen LogP contribution in [-0.2, 0) is 4.79 Å². The highest BCUT2D eigenvalue weighted by Gasteiger charge is 2.60. The summed E-state index contributed by atoms with van der Waals surface area (Å²) in [5.74, 6) is -1.45. The molecule has 0 aromatic carbocycles. The number of carbonyl (C=O) groups excluding carboxylic acids is 1. The van der Waals surface area contributed by atoms with E-state index in [9.17, 15) is 23.1 Å². The maximum Gasteiger partial charge on any atom is 0.422 e. The molecular formula is C17H20F3N5O2. The molecule has 0 saturated carbocycles. The normalized spacial score (nSPS) is 26.7. The lowest BCUT2D eigenvalue weighted by atomic mass is 9.80. The van der Waals surface area contributed by atoms with Crippen molar-refractivity contribution in [3.05, 3.63) is 35.7 Å². The van der Waals surface area contributed by atoms with Crippen molar-refractivity contribution in [1.29, 1.82) is 0 Å². The zero-order chi connectivity index (χ0) is 19.8. The van der Waals surface area contributed by atoms with Crippen molar-refractivity contribution < 1.29 is 23.1 Å².